The van der Waals surface area contributed by atoms with Crippen LogP contribution in [0.15, 0.2) is 60.7 Å². The maximum absolute atomic E-state index is 2.71. The predicted molar refractivity (Wildman–Crippen MR) is 112 cm³/mol. The van der Waals surface area contributed by atoms with Gasteiger partial charge in [0.25, 0.3) is 0 Å². The molecule has 4 fully saturated rings. The Labute approximate surface area is 153 Å². The summed E-state index contributed by atoms with van der Waals surface area (Å²) in [5.41, 5.74) is 0. The van der Waals surface area contributed by atoms with Crippen molar-refractivity contribution in [2.24, 2.45) is 17.8 Å². The molecule has 0 amide bonds. The van der Waals surface area contributed by atoms with Gasteiger partial charge in [-0.1, -0.05) is 0 Å². The van der Waals surface area contributed by atoms with Crippen LogP contribution >= 0.6 is 6.60 Å². The first kappa shape index (κ1) is 16.1. The summed E-state index contributed by atoms with van der Waals surface area (Å²) >= 11 is 0. The minimum atomic E-state index is -2.26. The summed E-state index contributed by atoms with van der Waals surface area (Å²) in [6.07, 6.45) is 9.01. The summed E-state index contributed by atoms with van der Waals surface area (Å²) in [7, 11) is 0. The third-order valence-corrected chi connectivity index (χ3v) is 15.6. The molecular weight excluding hydrogens is 319 g/mol. The molecule has 0 radical (unpaired) electrons. The second-order valence-corrected chi connectivity index (χ2v) is 16.2. The molecule has 0 saturated heterocycles. The molecule has 25 heavy (non-hydrogen) atoms. The Kier molecular flexibility index (Phi) is 3.34. The van der Waals surface area contributed by atoms with E-state index in [0.29, 0.717) is 5.16 Å². The minimum absolute atomic E-state index is 0.531. The van der Waals surface area contributed by atoms with Crippen LogP contribution in [0, 0.1) is 17.8 Å². The van der Waals surface area contributed by atoms with Gasteiger partial charge < -0.3 is 0 Å². The van der Waals surface area contributed by atoms with Crippen molar-refractivity contribution in [1.82, 2.24) is 0 Å². The molecular formula is C24H31P. The zero-order chi connectivity index (χ0) is 17.1. The average Bonchev–Trinajstić information content (AvgIpc) is 2.62. The first-order valence-electron chi connectivity index (χ1n) is 10.1. The second kappa shape index (κ2) is 5.20. The third-order valence-electron chi connectivity index (χ3n) is 8.49. The number of benzene rings is 2. The van der Waals surface area contributed by atoms with Crippen LogP contribution in [0.4, 0.5) is 0 Å². The van der Waals surface area contributed by atoms with E-state index in [1.807, 2.05) is 0 Å². The van der Waals surface area contributed by atoms with E-state index in [1.54, 1.807) is 10.6 Å². The van der Waals surface area contributed by atoms with Gasteiger partial charge in [-0.05, 0) is 0 Å². The predicted octanol–water partition coefficient (Wildman–Crippen LogP) is 5.42. The van der Waals surface area contributed by atoms with E-state index in [-0.39, 0.29) is 0 Å². The van der Waals surface area contributed by atoms with Gasteiger partial charge >= 0.3 is 153 Å². The van der Waals surface area contributed by atoms with Crippen LogP contribution in [0.2, 0.25) is 0 Å². The Balaban J connectivity index is 1.77. The first-order chi connectivity index (χ1) is 12.0. The SMILES string of the molecule is CP(C)(c1ccccc1)(c1ccccc1)C12CC3CC(CC(C3)C1)C2. The van der Waals surface area contributed by atoms with E-state index in [4.69, 9.17) is 0 Å². The monoisotopic (exact) mass is 350 g/mol. The van der Waals surface area contributed by atoms with Crippen LogP contribution in [0.25, 0.3) is 0 Å². The van der Waals surface area contributed by atoms with Gasteiger partial charge in [-0.3, -0.25) is 0 Å². The number of hydrogen-bond acceptors (Lipinski definition) is 0. The topological polar surface area (TPSA) is 0 Å². The zero-order valence-electron chi connectivity index (χ0n) is 15.7. The molecule has 0 spiro atoms. The number of rotatable bonds is 3. The molecule has 2 aromatic rings. The van der Waals surface area contributed by atoms with E-state index >= 15 is 0 Å². The Morgan fingerprint density at radius 2 is 1.00 bits per heavy atom. The van der Waals surface area contributed by atoms with Crippen LogP contribution in [0.1, 0.15) is 38.5 Å². The van der Waals surface area contributed by atoms with Crippen LogP contribution in [0.5, 0.6) is 0 Å². The van der Waals surface area contributed by atoms with Gasteiger partial charge in [-0.25, -0.2) is 0 Å². The van der Waals surface area contributed by atoms with Crippen molar-refractivity contribution in [3.8, 4) is 0 Å². The van der Waals surface area contributed by atoms with Crippen molar-refractivity contribution in [2.45, 2.75) is 43.7 Å². The van der Waals surface area contributed by atoms with Gasteiger partial charge in [0.15, 0.2) is 0 Å². The summed E-state index contributed by atoms with van der Waals surface area (Å²) < 4.78 is 0. The normalized spacial score (nSPS) is 35.3. The van der Waals surface area contributed by atoms with Gasteiger partial charge in [-0.2, -0.15) is 0 Å². The van der Waals surface area contributed by atoms with E-state index in [9.17, 15) is 0 Å². The Bertz CT molecular complexity index is 695. The quantitative estimate of drug-likeness (QED) is 0.649. The van der Waals surface area contributed by atoms with E-state index < -0.39 is 6.60 Å². The zero-order valence-corrected chi connectivity index (χ0v) is 16.6. The van der Waals surface area contributed by atoms with Gasteiger partial charge in [0.2, 0.25) is 0 Å². The molecule has 4 saturated carbocycles. The maximum atomic E-state index is 2.71. The fourth-order valence-electron chi connectivity index (χ4n) is 7.33. The molecule has 0 unspecified atom stereocenters. The molecule has 0 nitrogen and oxygen atoms in total. The molecule has 4 aliphatic rings. The summed E-state index contributed by atoms with van der Waals surface area (Å²) in [6, 6.07) is 23.2. The van der Waals surface area contributed by atoms with Gasteiger partial charge in [0, 0.05) is 0 Å². The summed E-state index contributed by atoms with van der Waals surface area (Å²) in [5, 5.41) is 3.81. The van der Waals surface area contributed by atoms with Crippen LogP contribution in [-0.4, -0.2) is 18.5 Å². The van der Waals surface area contributed by atoms with Crippen molar-refractivity contribution in [3.63, 3.8) is 0 Å². The molecule has 0 aliphatic heterocycles. The number of hydrogen-bond donors (Lipinski definition) is 0. The molecule has 132 valence electrons. The molecule has 4 bridgehead atoms. The molecule has 0 atom stereocenters. The molecule has 6 rings (SSSR count). The van der Waals surface area contributed by atoms with E-state index in [0.717, 1.165) is 17.8 Å². The van der Waals surface area contributed by atoms with Crippen molar-refractivity contribution >= 4 is 17.2 Å². The summed E-state index contributed by atoms with van der Waals surface area (Å²) in [6.45, 7) is 3.16. The molecule has 0 N–H and O–H groups in total. The van der Waals surface area contributed by atoms with Gasteiger partial charge in [0.1, 0.15) is 0 Å². The fourth-order valence-corrected chi connectivity index (χ4v) is 13.3. The average molecular weight is 350 g/mol. The van der Waals surface area contributed by atoms with Gasteiger partial charge in [0.05, 0.1) is 0 Å². The van der Waals surface area contributed by atoms with Crippen molar-refractivity contribution < 1.29 is 0 Å². The van der Waals surface area contributed by atoms with Crippen molar-refractivity contribution in [2.75, 3.05) is 13.3 Å². The summed E-state index contributed by atoms with van der Waals surface area (Å²) in [4.78, 5) is 0. The Morgan fingerprint density at radius 3 is 1.36 bits per heavy atom. The first-order valence-corrected chi connectivity index (χ1v) is 13.3. The van der Waals surface area contributed by atoms with Crippen LogP contribution in [0.3, 0.4) is 0 Å². The Hall–Kier alpha value is -1.13. The molecule has 1 heteroatoms. The fraction of sp³-hybridized carbons (Fsp3) is 0.500. The third kappa shape index (κ3) is 2.04. The molecule has 4 aliphatic carbocycles. The Morgan fingerprint density at radius 1 is 0.640 bits per heavy atom. The van der Waals surface area contributed by atoms with Crippen molar-refractivity contribution in [1.29, 1.82) is 0 Å². The molecule has 2 aromatic carbocycles. The van der Waals surface area contributed by atoms with E-state index in [1.165, 1.54) is 38.5 Å². The van der Waals surface area contributed by atoms with Crippen LogP contribution < -0.4 is 10.6 Å². The molecule has 0 aromatic heterocycles. The van der Waals surface area contributed by atoms with Gasteiger partial charge in [-0.15, -0.1) is 0 Å². The molecule has 0 heterocycles. The van der Waals surface area contributed by atoms with Crippen LogP contribution in [-0.2, 0) is 0 Å². The second-order valence-electron chi connectivity index (χ2n) is 9.94. The van der Waals surface area contributed by atoms with E-state index in [2.05, 4.69) is 74.0 Å². The summed E-state index contributed by atoms with van der Waals surface area (Å²) in [5.74, 6) is 3.00. The standard InChI is InChI=1S/C24H31P/c1-25(2,22-9-5-3-6-10-22,23-11-7-4-8-12-23)24-16-19-13-20(17-24)15-21(14-19)18-24/h3-12,19-21H,13-18H2,1-2H3. The van der Waals surface area contributed by atoms with Crippen molar-refractivity contribution in [3.05, 3.63) is 60.7 Å².